The summed E-state index contributed by atoms with van der Waals surface area (Å²) in [7, 11) is 0. The van der Waals surface area contributed by atoms with Crippen LogP contribution in [0.2, 0.25) is 0 Å². The zero-order chi connectivity index (χ0) is 14.8. The Morgan fingerprint density at radius 3 is 2.55 bits per heavy atom. The average molecular weight is 282 g/mol. The van der Waals surface area contributed by atoms with Crippen molar-refractivity contribution in [3.05, 3.63) is 29.3 Å². The third-order valence-electron chi connectivity index (χ3n) is 4.52. The van der Waals surface area contributed by atoms with Gasteiger partial charge in [-0.2, -0.15) is 0 Å². The third kappa shape index (κ3) is 2.95. The van der Waals surface area contributed by atoms with Gasteiger partial charge in [0.15, 0.2) is 0 Å². The first-order valence-electron chi connectivity index (χ1n) is 7.47. The normalized spacial score (nSPS) is 18.9. The SMILES string of the molecule is CCC1(CC)CN(c2cc(F)c(C)cc2F)CCCN1. The Hall–Kier alpha value is -1.16. The summed E-state index contributed by atoms with van der Waals surface area (Å²) in [5, 5.41) is 3.58. The van der Waals surface area contributed by atoms with Gasteiger partial charge in [-0.25, -0.2) is 8.78 Å². The van der Waals surface area contributed by atoms with Crippen LogP contribution in [0.3, 0.4) is 0 Å². The topological polar surface area (TPSA) is 15.3 Å². The monoisotopic (exact) mass is 282 g/mol. The van der Waals surface area contributed by atoms with Gasteiger partial charge >= 0.3 is 0 Å². The van der Waals surface area contributed by atoms with Crippen molar-refractivity contribution < 1.29 is 8.78 Å². The number of rotatable bonds is 3. The van der Waals surface area contributed by atoms with E-state index in [2.05, 4.69) is 19.2 Å². The Morgan fingerprint density at radius 2 is 1.90 bits per heavy atom. The Labute approximate surface area is 120 Å². The molecule has 1 heterocycles. The van der Waals surface area contributed by atoms with E-state index >= 15 is 0 Å². The molecule has 1 fully saturated rings. The van der Waals surface area contributed by atoms with Gasteiger partial charge in [0, 0.05) is 24.7 Å². The molecule has 0 amide bonds. The van der Waals surface area contributed by atoms with E-state index in [0.29, 0.717) is 11.3 Å². The highest BCUT2D eigenvalue weighted by molar-refractivity contribution is 5.50. The van der Waals surface area contributed by atoms with Crippen LogP contribution in [-0.4, -0.2) is 25.2 Å². The first-order chi connectivity index (χ1) is 9.51. The van der Waals surface area contributed by atoms with Crippen molar-refractivity contribution >= 4 is 5.69 Å². The lowest BCUT2D eigenvalue weighted by atomic mass is 9.92. The molecule has 0 aliphatic carbocycles. The van der Waals surface area contributed by atoms with Crippen molar-refractivity contribution in [2.24, 2.45) is 0 Å². The van der Waals surface area contributed by atoms with Gasteiger partial charge in [0.25, 0.3) is 0 Å². The van der Waals surface area contributed by atoms with Crippen molar-refractivity contribution in [3.63, 3.8) is 0 Å². The molecule has 4 heteroatoms. The second kappa shape index (κ2) is 6.08. The number of aryl methyl sites for hydroxylation is 1. The summed E-state index contributed by atoms with van der Waals surface area (Å²) >= 11 is 0. The second-order valence-electron chi connectivity index (χ2n) is 5.74. The van der Waals surface area contributed by atoms with Gasteiger partial charge in [0.05, 0.1) is 5.69 Å². The number of halogens is 2. The Bertz CT molecular complexity index is 470. The van der Waals surface area contributed by atoms with E-state index in [-0.39, 0.29) is 17.2 Å². The molecule has 1 N–H and O–H groups in total. The summed E-state index contributed by atoms with van der Waals surface area (Å²) in [6.45, 7) is 8.29. The number of anilines is 1. The minimum absolute atomic E-state index is 0.00962. The molecule has 112 valence electrons. The average Bonchev–Trinajstić information content (AvgIpc) is 2.66. The number of nitrogens with one attached hydrogen (secondary N) is 1. The fourth-order valence-electron chi connectivity index (χ4n) is 2.93. The Balaban J connectivity index is 2.33. The van der Waals surface area contributed by atoms with E-state index in [9.17, 15) is 8.78 Å². The Morgan fingerprint density at radius 1 is 1.20 bits per heavy atom. The van der Waals surface area contributed by atoms with Crippen LogP contribution in [0.1, 0.15) is 38.7 Å². The summed E-state index contributed by atoms with van der Waals surface area (Å²) in [5.41, 5.74) is 0.740. The van der Waals surface area contributed by atoms with Crippen molar-refractivity contribution in [2.45, 2.75) is 45.6 Å². The molecule has 0 spiro atoms. The van der Waals surface area contributed by atoms with E-state index in [1.165, 1.54) is 12.1 Å². The van der Waals surface area contributed by atoms with Gasteiger partial charge in [0.2, 0.25) is 0 Å². The molecular formula is C16H24F2N2. The highest BCUT2D eigenvalue weighted by Crippen LogP contribution is 2.28. The lowest BCUT2D eigenvalue weighted by Crippen LogP contribution is -2.50. The predicted molar refractivity (Wildman–Crippen MR) is 79.2 cm³/mol. The molecule has 0 saturated carbocycles. The highest BCUT2D eigenvalue weighted by atomic mass is 19.1. The standard InChI is InChI=1S/C16H24F2N2/c1-4-16(5-2)11-20(8-6-7-19-16)15-10-13(17)12(3)9-14(15)18/h9-10,19H,4-8,11H2,1-3H3. The first-order valence-corrected chi connectivity index (χ1v) is 7.47. The molecule has 2 nitrogen and oxygen atoms in total. The number of hydrogen-bond acceptors (Lipinski definition) is 2. The number of nitrogens with zero attached hydrogens (tertiary/aromatic N) is 1. The minimum atomic E-state index is -0.336. The lowest BCUT2D eigenvalue weighted by Gasteiger charge is -2.36. The van der Waals surface area contributed by atoms with Crippen LogP contribution < -0.4 is 10.2 Å². The van der Waals surface area contributed by atoms with Crippen molar-refractivity contribution in [2.75, 3.05) is 24.5 Å². The first kappa shape index (κ1) is 15.2. The summed E-state index contributed by atoms with van der Waals surface area (Å²) in [6, 6.07) is 2.63. The maximum atomic E-state index is 14.2. The molecule has 1 aromatic carbocycles. The van der Waals surface area contributed by atoms with E-state index in [0.717, 1.165) is 38.9 Å². The van der Waals surface area contributed by atoms with Crippen LogP contribution in [-0.2, 0) is 0 Å². The van der Waals surface area contributed by atoms with Gasteiger partial charge in [-0.1, -0.05) is 13.8 Å². The largest absolute Gasteiger partial charge is 0.367 e. The van der Waals surface area contributed by atoms with Crippen LogP contribution in [0, 0.1) is 18.6 Å². The summed E-state index contributed by atoms with van der Waals surface area (Å²) < 4.78 is 27.9. The van der Waals surface area contributed by atoms with Crippen LogP contribution in [0.4, 0.5) is 14.5 Å². The van der Waals surface area contributed by atoms with Crippen LogP contribution >= 0.6 is 0 Å². The molecule has 0 radical (unpaired) electrons. The molecule has 0 unspecified atom stereocenters. The molecule has 1 aliphatic heterocycles. The third-order valence-corrected chi connectivity index (χ3v) is 4.52. The molecule has 0 atom stereocenters. The maximum absolute atomic E-state index is 14.2. The van der Waals surface area contributed by atoms with Gasteiger partial charge in [-0.05, 0) is 44.4 Å². The van der Waals surface area contributed by atoms with Gasteiger partial charge in [-0.15, -0.1) is 0 Å². The smallest absolute Gasteiger partial charge is 0.146 e. The molecule has 20 heavy (non-hydrogen) atoms. The minimum Gasteiger partial charge on any atom is -0.367 e. The van der Waals surface area contributed by atoms with Gasteiger partial charge < -0.3 is 10.2 Å². The molecule has 0 aromatic heterocycles. The summed E-state index contributed by atoms with van der Waals surface area (Å²) in [6.07, 6.45) is 2.91. The van der Waals surface area contributed by atoms with E-state index < -0.39 is 0 Å². The second-order valence-corrected chi connectivity index (χ2v) is 5.74. The van der Waals surface area contributed by atoms with Crippen LogP contribution in [0.15, 0.2) is 12.1 Å². The fraction of sp³-hybridized carbons (Fsp3) is 0.625. The summed E-state index contributed by atoms with van der Waals surface area (Å²) in [4.78, 5) is 1.99. The quantitative estimate of drug-likeness (QED) is 0.910. The molecule has 2 rings (SSSR count). The zero-order valence-electron chi connectivity index (χ0n) is 12.6. The molecule has 0 bridgehead atoms. The van der Waals surface area contributed by atoms with Crippen LogP contribution in [0.25, 0.3) is 0 Å². The molecular weight excluding hydrogens is 258 g/mol. The van der Waals surface area contributed by atoms with Crippen molar-refractivity contribution in [1.29, 1.82) is 0 Å². The molecule has 1 aliphatic rings. The Kier molecular flexibility index (Phi) is 4.63. The van der Waals surface area contributed by atoms with E-state index in [4.69, 9.17) is 0 Å². The molecule has 1 saturated heterocycles. The van der Waals surface area contributed by atoms with E-state index in [1.54, 1.807) is 6.92 Å². The fourth-order valence-corrected chi connectivity index (χ4v) is 2.93. The van der Waals surface area contributed by atoms with Crippen LogP contribution in [0.5, 0.6) is 0 Å². The zero-order valence-corrected chi connectivity index (χ0v) is 12.6. The van der Waals surface area contributed by atoms with Crippen molar-refractivity contribution in [3.8, 4) is 0 Å². The predicted octanol–water partition coefficient (Wildman–Crippen LogP) is 3.63. The summed E-state index contributed by atoms with van der Waals surface area (Å²) in [5.74, 6) is -0.663. The van der Waals surface area contributed by atoms with Crippen molar-refractivity contribution in [1.82, 2.24) is 5.32 Å². The number of hydrogen-bond donors (Lipinski definition) is 1. The maximum Gasteiger partial charge on any atom is 0.146 e. The van der Waals surface area contributed by atoms with Gasteiger partial charge in [-0.3, -0.25) is 0 Å². The number of benzene rings is 1. The van der Waals surface area contributed by atoms with Gasteiger partial charge in [0.1, 0.15) is 11.6 Å². The lowest BCUT2D eigenvalue weighted by molar-refractivity contribution is 0.321. The molecule has 1 aromatic rings. The van der Waals surface area contributed by atoms with E-state index in [1.807, 2.05) is 4.90 Å². The highest BCUT2D eigenvalue weighted by Gasteiger charge is 2.31.